The molecule has 2 aliphatic heterocycles. The molecule has 0 radical (unpaired) electrons. The lowest BCUT2D eigenvalue weighted by atomic mass is 9.90. The third-order valence-corrected chi connectivity index (χ3v) is 11.3. The summed E-state index contributed by atoms with van der Waals surface area (Å²) >= 11 is -4.74. The van der Waals surface area contributed by atoms with Crippen LogP contribution in [0, 0.1) is 27.7 Å². The molecule has 8 rings (SSSR count). The van der Waals surface area contributed by atoms with Gasteiger partial charge in [0.15, 0.2) is 0 Å². The summed E-state index contributed by atoms with van der Waals surface area (Å²) in [6.45, 7) is 8.10. The van der Waals surface area contributed by atoms with E-state index in [1.54, 1.807) is 7.11 Å². The predicted octanol–water partition coefficient (Wildman–Crippen LogP) is 11.7. The fraction of sp³-hybridized carbons (Fsp3) is 0.114. The quantitative estimate of drug-likeness (QED) is 0.160. The molecule has 0 atom stereocenters. The van der Waals surface area contributed by atoms with Gasteiger partial charge in [0.05, 0.1) is 29.6 Å². The minimum Gasteiger partial charge on any atom is -0.497 e. The van der Waals surface area contributed by atoms with Crippen molar-refractivity contribution in [2.45, 2.75) is 27.7 Å². The molecule has 0 amide bonds. The van der Waals surface area contributed by atoms with Gasteiger partial charge in [-0.3, -0.25) is 0 Å². The summed E-state index contributed by atoms with van der Waals surface area (Å²) in [6, 6.07) is 41.8. The summed E-state index contributed by atoms with van der Waals surface area (Å²) in [5, 5.41) is 0. The third-order valence-electron chi connectivity index (χ3n) is 9.63. The topological polar surface area (TPSA) is 17.2 Å². The molecule has 0 N–H and O–H groups in total. The van der Waals surface area contributed by atoms with Crippen LogP contribution in [-0.2, 0) is 0 Å². The normalized spacial score (nSPS) is 15.5. The molecule has 3 nitrogen and oxygen atoms in total. The van der Waals surface area contributed by atoms with E-state index in [0.29, 0.717) is 28.5 Å². The van der Waals surface area contributed by atoms with Gasteiger partial charge in [0.2, 0.25) is 11.4 Å². The molecule has 0 spiro atoms. The lowest BCUT2D eigenvalue weighted by molar-refractivity contribution is -0.299. The van der Waals surface area contributed by atoms with Gasteiger partial charge < -0.3 is 4.74 Å². The Labute approximate surface area is 294 Å². The van der Waals surface area contributed by atoms with Crippen LogP contribution in [0.1, 0.15) is 44.6 Å². The van der Waals surface area contributed by atoms with Gasteiger partial charge in [-0.1, -0.05) is 131 Å². The van der Waals surface area contributed by atoms with E-state index in [1.807, 2.05) is 161 Å². The van der Waals surface area contributed by atoms with E-state index in [4.69, 9.17) is 4.74 Å². The first kappa shape index (κ1) is 31.8. The van der Waals surface area contributed by atoms with E-state index in [0.717, 1.165) is 66.8 Å². The Hall–Kier alpha value is -5.46. The number of ether oxygens (including phenoxy) is 1. The van der Waals surface area contributed by atoms with Gasteiger partial charge in [0.1, 0.15) is 5.75 Å². The standard InChI is InChI=1S/C44H37F2N2OS/c1-28-6-14-32(15-7-28)38-26-40(34-18-10-30(3)11-19-34)47-43(38)42(36-22-24-37(49-5)25-23-36)44-39(33-16-8-29(2)9-17-33)27-41(48(44)50(47,45)46)35-20-12-31(4)13-21-35/h6-27H,1-5H3/q+1. The van der Waals surface area contributed by atoms with Crippen LogP contribution in [-0.4, -0.2) is 20.8 Å². The molecule has 3 heterocycles. The number of allylic oxidation sites excluding steroid dienone is 2. The summed E-state index contributed by atoms with van der Waals surface area (Å²) in [6.07, 6.45) is 1.96. The zero-order chi connectivity index (χ0) is 34.7. The summed E-state index contributed by atoms with van der Waals surface area (Å²) in [7, 11) is 1.63. The Morgan fingerprint density at radius 2 is 1.02 bits per heavy atom. The van der Waals surface area contributed by atoms with Crippen molar-refractivity contribution in [1.29, 1.82) is 0 Å². The number of hydrogen-bond donors (Lipinski definition) is 0. The van der Waals surface area contributed by atoms with Crippen molar-refractivity contribution in [3.8, 4) is 28.1 Å². The fourth-order valence-corrected chi connectivity index (χ4v) is 8.67. The number of fused-ring (bicyclic) bond motifs is 2. The maximum Gasteiger partial charge on any atom is 0.388 e. The van der Waals surface area contributed by atoms with Crippen LogP contribution < -0.4 is 4.74 Å². The van der Waals surface area contributed by atoms with E-state index in [2.05, 4.69) is 0 Å². The first-order chi connectivity index (χ1) is 24.1. The number of nitrogens with zero attached hydrogens (tertiary/aromatic N) is 2. The Morgan fingerprint density at radius 3 is 1.54 bits per heavy atom. The van der Waals surface area contributed by atoms with Gasteiger partial charge in [-0.05, 0) is 80.3 Å². The largest absolute Gasteiger partial charge is 0.497 e. The molecule has 0 bridgehead atoms. The van der Waals surface area contributed by atoms with E-state index in [1.165, 1.54) is 7.95 Å². The third kappa shape index (κ3) is 5.22. The summed E-state index contributed by atoms with van der Waals surface area (Å²) in [5.41, 5.74) is 12.7. The molecule has 1 aromatic heterocycles. The number of benzene rings is 5. The minimum atomic E-state index is -4.74. The van der Waals surface area contributed by atoms with Crippen LogP contribution in [0.2, 0.25) is 0 Å². The van der Waals surface area contributed by atoms with Crippen LogP contribution >= 0.6 is 11.2 Å². The molecule has 5 aromatic carbocycles. The Kier molecular flexibility index (Phi) is 7.72. The van der Waals surface area contributed by atoms with Crippen molar-refractivity contribution >= 4 is 28.0 Å². The Balaban J connectivity index is 1.56. The average molecular weight is 680 g/mol. The maximum absolute atomic E-state index is 18.2. The van der Waals surface area contributed by atoms with Gasteiger partial charge in [-0.25, -0.2) is 0 Å². The fourth-order valence-electron chi connectivity index (χ4n) is 6.90. The van der Waals surface area contributed by atoms with E-state index < -0.39 is 11.2 Å². The smallest absolute Gasteiger partial charge is 0.388 e. The highest BCUT2D eigenvalue weighted by molar-refractivity contribution is 8.19. The highest BCUT2D eigenvalue weighted by Gasteiger charge is 2.56. The van der Waals surface area contributed by atoms with Crippen molar-refractivity contribution in [3.63, 3.8) is 0 Å². The summed E-state index contributed by atoms with van der Waals surface area (Å²) in [5.74, 6) is 0.699. The van der Waals surface area contributed by atoms with Crippen molar-refractivity contribution in [3.05, 3.63) is 184 Å². The van der Waals surface area contributed by atoms with Crippen molar-refractivity contribution < 1.29 is 16.5 Å². The van der Waals surface area contributed by atoms with E-state index in [9.17, 15) is 0 Å². The monoisotopic (exact) mass is 679 g/mol. The SMILES string of the molecule is COc1ccc(C2=C3C(c4ccc(C)cc4)=CC(c4ccc(C)cc4)=[N+]3S(F)(F)n3c(-c4ccc(C)cc4)cc(-c4ccc(C)cc4)c32)cc1. The van der Waals surface area contributed by atoms with Gasteiger partial charge in [-0.2, -0.15) is 3.97 Å². The number of rotatable bonds is 6. The van der Waals surface area contributed by atoms with Gasteiger partial charge >= 0.3 is 11.2 Å². The highest BCUT2D eigenvalue weighted by atomic mass is 32.3. The number of aromatic nitrogens is 1. The zero-order valence-electron chi connectivity index (χ0n) is 28.7. The second kappa shape index (κ2) is 12.1. The molecule has 50 heavy (non-hydrogen) atoms. The number of aryl methyl sites for hydroxylation is 4. The molecular formula is C44H37F2N2OS+. The van der Waals surface area contributed by atoms with Gasteiger partial charge in [0.25, 0.3) is 0 Å². The molecular weight excluding hydrogens is 643 g/mol. The van der Waals surface area contributed by atoms with Gasteiger partial charge in [0, 0.05) is 17.2 Å². The molecule has 2 aliphatic rings. The van der Waals surface area contributed by atoms with Crippen LogP contribution in [0.3, 0.4) is 0 Å². The lowest BCUT2D eigenvalue weighted by Crippen LogP contribution is -2.28. The van der Waals surface area contributed by atoms with E-state index in [-0.39, 0.29) is 0 Å². The zero-order valence-corrected chi connectivity index (χ0v) is 29.5. The molecule has 0 unspecified atom stereocenters. The number of halogens is 2. The van der Waals surface area contributed by atoms with E-state index >= 15 is 7.77 Å². The molecule has 0 saturated carbocycles. The van der Waals surface area contributed by atoms with Crippen LogP contribution in [0.5, 0.6) is 5.75 Å². The molecule has 0 aliphatic carbocycles. The first-order valence-corrected chi connectivity index (χ1v) is 18.0. The first-order valence-electron chi connectivity index (χ1n) is 16.7. The number of hydrogen-bond acceptors (Lipinski definition) is 1. The Bertz CT molecular complexity index is 2360. The summed E-state index contributed by atoms with van der Waals surface area (Å²) in [4.78, 5) is 0. The average Bonchev–Trinajstić information content (AvgIpc) is 3.72. The van der Waals surface area contributed by atoms with Crippen molar-refractivity contribution in [2.24, 2.45) is 0 Å². The molecule has 248 valence electrons. The second-order valence-electron chi connectivity index (χ2n) is 13.2. The maximum atomic E-state index is 18.2. The van der Waals surface area contributed by atoms with Crippen LogP contribution in [0.4, 0.5) is 7.77 Å². The molecule has 0 fully saturated rings. The highest BCUT2D eigenvalue weighted by Crippen LogP contribution is 2.66. The number of methoxy groups -OCH3 is 1. The van der Waals surface area contributed by atoms with Crippen LogP contribution in [0.25, 0.3) is 33.5 Å². The molecule has 6 heteroatoms. The minimum absolute atomic E-state index is 0.479. The van der Waals surface area contributed by atoms with Crippen molar-refractivity contribution in [2.75, 3.05) is 7.11 Å². The second-order valence-corrected chi connectivity index (χ2v) is 14.7. The van der Waals surface area contributed by atoms with Crippen LogP contribution in [0.15, 0.2) is 139 Å². The van der Waals surface area contributed by atoms with Gasteiger partial charge in [-0.15, -0.1) is 0 Å². The predicted molar refractivity (Wildman–Crippen MR) is 204 cm³/mol. The molecule has 6 aromatic rings. The van der Waals surface area contributed by atoms with Crippen molar-refractivity contribution in [1.82, 2.24) is 3.97 Å². The Morgan fingerprint density at radius 1 is 0.560 bits per heavy atom. The molecule has 0 saturated heterocycles. The lowest BCUT2D eigenvalue weighted by Gasteiger charge is -2.30. The summed E-state index contributed by atoms with van der Waals surface area (Å²) < 4.78 is 44.7.